The molecular formula is C68H79N11O9S2. The molecule has 1 saturated heterocycles. The zero-order valence-electron chi connectivity index (χ0n) is 50.3. The molecule has 2 heterocycles. The van der Waals surface area contributed by atoms with Crippen molar-refractivity contribution >= 4 is 79.7 Å². The summed E-state index contributed by atoms with van der Waals surface area (Å²) in [5, 5.41) is 30.9. The maximum atomic E-state index is 15.1. The first kappa shape index (κ1) is 67.0. The van der Waals surface area contributed by atoms with Crippen LogP contribution in [0, 0.1) is 5.92 Å². The summed E-state index contributed by atoms with van der Waals surface area (Å²) in [5.74, 6) is -7.04. The van der Waals surface area contributed by atoms with Crippen molar-refractivity contribution in [3.05, 3.63) is 186 Å². The minimum Gasteiger partial charge on any atom is -0.508 e. The Morgan fingerprint density at radius 2 is 1.13 bits per heavy atom. The number of fused-ring (bicyclic) bond motifs is 1. The van der Waals surface area contributed by atoms with Crippen LogP contribution in [0.25, 0.3) is 33.2 Å². The maximum Gasteiger partial charge on any atom is 0.244 e. The molecule has 1 aliphatic heterocycles. The number of para-hydroxylation sites is 1. The molecular weight excluding hydrogens is 1180 g/mol. The van der Waals surface area contributed by atoms with Crippen LogP contribution in [0.15, 0.2) is 164 Å². The van der Waals surface area contributed by atoms with Crippen molar-refractivity contribution in [3.63, 3.8) is 0 Å². The number of aromatic hydroxyl groups is 1. The molecule has 1 fully saturated rings. The Balaban J connectivity index is 1.13. The van der Waals surface area contributed by atoms with Gasteiger partial charge in [-0.1, -0.05) is 181 Å². The lowest BCUT2D eigenvalue weighted by Crippen LogP contribution is -2.62. The Hall–Kier alpha value is -8.96. The molecule has 3 unspecified atom stereocenters. The molecule has 1 aliphatic rings. The molecule has 9 atom stereocenters. The normalized spacial score (nSPS) is 20.0. The van der Waals surface area contributed by atoms with Crippen LogP contribution in [0.2, 0.25) is 0 Å². The third-order valence-corrected chi connectivity index (χ3v) is 18.4. The van der Waals surface area contributed by atoms with Gasteiger partial charge in [-0.25, -0.2) is 0 Å². The first-order valence-corrected chi connectivity index (χ1v) is 32.7. The van der Waals surface area contributed by atoms with Gasteiger partial charge in [0.25, 0.3) is 0 Å². The zero-order chi connectivity index (χ0) is 64.1. The second kappa shape index (κ2) is 33.0. The lowest BCUT2D eigenvalue weighted by molar-refractivity contribution is -0.136. The molecule has 0 saturated carbocycles. The number of hydrogen-bond donors (Lipinski definition) is 12. The number of amides is 8. The van der Waals surface area contributed by atoms with Crippen LogP contribution in [0.1, 0.15) is 61.8 Å². The van der Waals surface area contributed by atoms with Gasteiger partial charge in [-0.2, -0.15) is 0 Å². The number of carbonyl (C=O) groups is 8. The number of rotatable bonds is 21. The Morgan fingerprint density at radius 1 is 0.600 bits per heavy atom. The summed E-state index contributed by atoms with van der Waals surface area (Å²) in [4.78, 5) is 120. The summed E-state index contributed by atoms with van der Waals surface area (Å²) in [6.07, 6.45) is 2.92. The lowest BCUT2D eigenvalue weighted by Gasteiger charge is -2.30. The van der Waals surface area contributed by atoms with Crippen molar-refractivity contribution in [3.8, 4) is 28.0 Å². The van der Waals surface area contributed by atoms with E-state index in [0.29, 0.717) is 36.0 Å². The number of phenolic OH excluding ortho intramolecular Hbond substituents is 1. The third kappa shape index (κ3) is 19.0. The standard InChI is InChI=1S/C68H79N11O9S2/c1-3-41(2)60-68(88)78-59(66(86)74-55(61(71)81)35-43-23-29-48(30-24-43)46-16-8-5-9-17-46)40-90-89-39-58(77-62(82)52(70)34-42-21-27-47(28-22-42)45-14-6-4-7-15-45)67(87)75-56(36-44-25-31-50(80)32-26-44)64(84)76-57(37-49-38-72-53-19-11-10-18-51(49)53)65(85)73-54(63(83)79-60)20-12-13-33-69/h4-11,14-19,21-32,38,41,52,54-60,72,80H,3,12-13,20,33-37,39-40,69-70H2,1-2H3,(H2,71,81)(H,73,85)(H,74,86)(H,75,87)(H,76,84)(H,77,82)(H,78,88)(H,79,83)/t41-,52-,54-,55-,56-,57?,58?,59?,60-/m0/s1. The smallest absolute Gasteiger partial charge is 0.244 e. The Bertz CT molecular complexity index is 3560. The van der Waals surface area contributed by atoms with Crippen LogP contribution in [0.4, 0.5) is 0 Å². The van der Waals surface area contributed by atoms with Crippen LogP contribution in [0.3, 0.4) is 0 Å². The van der Waals surface area contributed by atoms with Gasteiger partial charge in [-0.15, -0.1) is 0 Å². The predicted molar refractivity (Wildman–Crippen MR) is 353 cm³/mol. The first-order valence-electron chi connectivity index (χ1n) is 30.2. The summed E-state index contributed by atoms with van der Waals surface area (Å²) < 4.78 is 0. The summed E-state index contributed by atoms with van der Waals surface area (Å²) >= 11 is 0. The number of nitrogens with two attached hydrogens (primary N) is 3. The average Bonchev–Trinajstić information content (AvgIpc) is 2.12. The quantitative estimate of drug-likeness (QED) is 0.0323. The van der Waals surface area contributed by atoms with Crippen LogP contribution >= 0.6 is 21.6 Å². The highest BCUT2D eigenvalue weighted by molar-refractivity contribution is 8.76. The van der Waals surface area contributed by atoms with E-state index in [1.54, 1.807) is 25.3 Å². The monoisotopic (exact) mass is 1260 g/mol. The Kier molecular flexibility index (Phi) is 24.6. The van der Waals surface area contributed by atoms with E-state index in [2.05, 4.69) is 42.2 Å². The summed E-state index contributed by atoms with van der Waals surface area (Å²) in [5.41, 5.74) is 25.7. The lowest BCUT2D eigenvalue weighted by atomic mass is 9.96. The molecule has 7 aromatic rings. The highest BCUT2D eigenvalue weighted by Crippen LogP contribution is 2.26. The minimum absolute atomic E-state index is 0.00748. The molecule has 0 aliphatic carbocycles. The van der Waals surface area contributed by atoms with Crippen LogP contribution in [-0.2, 0) is 64.0 Å². The van der Waals surface area contributed by atoms with Crippen molar-refractivity contribution in [1.82, 2.24) is 42.2 Å². The molecule has 0 spiro atoms. The van der Waals surface area contributed by atoms with Crippen molar-refractivity contribution in [2.45, 2.75) is 114 Å². The molecule has 8 rings (SSSR count). The van der Waals surface area contributed by atoms with Gasteiger partial charge in [0.15, 0.2) is 0 Å². The number of hydrogen-bond acceptors (Lipinski definition) is 13. The zero-order valence-corrected chi connectivity index (χ0v) is 52.0. The van der Waals surface area contributed by atoms with Gasteiger partial charge < -0.3 is 64.5 Å². The van der Waals surface area contributed by atoms with Crippen molar-refractivity contribution in [2.75, 3.05) is 18.1 Å². The van der Waals surface area contributed by atoms with Gasteiger partial charge in [0, 0.05) is 47.9 Å². The van der Waals surface area contributed by atoms with E-state index in [-0.39, 0.29) is 55.9 Å². The fraction of sp³-hybridized carbons (Fsp3) is 0.324. The summed E-state index contributed by atoms with van der Waals surface area (Å²) in [7, 11) is 2.14. The summed E-state index contributed by atoms with van der Waals surface area (Å²) in [6, 6.07) is 37.5. The van der Waals surface area contributed by atoms with Crippen LogP contribution < -0.4 is 54.4 Å². The van der Waals surface area contributed by atoms with E-state index in [1.165, 1.54) is 12.1 Å². The molecule has 472 valence electrons. The molecule has 0 bridgehead atoms. The largest absolute Gasteiger partial charge is 0.508 e. The number of aromatic amines is 1. The number of phenols is 1. The molecule has 0 radical (unpaired) electrons. The first-order chi connectivity index (χ1) is 43.5. The van der Waals surface area contributed by atoms with Crippen molar-refractivity contribution < 1.29 is 43.5 Å². The molecule has 15 N–H and O–H groups in total. The minimum atomic E-state index is -1.41. The van der Waals surface area contributed by atoms with Gasteiger partial charge in [0.05, 0.1) is 6.04 Å². The van der Waals surface area contributed by atoms with E-state index in [0.717, 1.165) is 60.3 Å². The van der Waals surface area contributed by atoms with E-state index in [9.17, 15) is 33.9 Å². The van der Waals surface area contributed by atoms with Crippen molar-refractivity contribution in [2.24, 2.45) is 23.1 Å². The maximum absolute atomic E-state index is 15.1. The SMILES string of the molecule is CC[C@H](C)[C@@H]1NC(=O)[C@H](CCCCN)NC(=O)C(Cc2c[nH]c3ccccc23)NC(=O)[C@H](Cc2ccc(O)cc2)NC(=O)C(NC(=O)[C@@H](N)Cc2ccc(-c3ccccc3)cc2)CSSCC(C(=O)N[C@@H](Cc2ccc(-c3ccccc3)cc2)C(N)=O)NC1=O. The summed E-state index contributed by atoms with van der Waals surface area (Å²) in [6.45, 7) is 3.87. The van der Waals surface area contributed by atoms with Gasteiger partial charge in [-0.05, 0) is 101 Å². The van der Waals surface area contributed by atoms with Crippen molar-refractivity contribution in [1.29, 1.82) is 0 Å². The number of unbranched alkanes of at least 4 members (excludes halogenated alkanes) is 1. The van der Waals surface area contributed by atoms with E-state index in [4.69, 9.17) is 17.2 Å². The number of primary amides is 1. The molecule has 22 heteroatoms. The van der Waals surface area contributed by atoms with Gasteiger partial charge in [-0.3, -0.25) is 38.4 Å². The number of carbonyl (C=O) groups excluding carboxylic acids is 8. The Labute approximate surface area is 531 Å². The molecule has 1 aromatic heterocycles. The molecule has 8 amide bonds. The number of aromatic nitrogens is 1. The number of benzene rings is 6. The van der Waals surface area contributed by atoms with E-state index >= 15 is 9.59 Å². The average molecular weight is 1260 g/mol. The van der Waals surface area contributed by atoms with Gasteiger partial charge in [0.2, 0.25) is 47.3 Å². The highest BCUT2D eigenvalue weighted by Gasteiger charge is 2.37. The topological polar surface area (TPSA) is 335 Å². The molecule has 6 aromatic carbocycles. The Morgan fingerprint density at radius 3 is 1.74 bits per heavy atom. The molecule has 20 nitrogen and oxygen atoms in total. The van der Waals surface area contributed by atoms with E-state index in [1.807, 2.05) is 140 Å². The van der Waals surface area contributed by atoms with Crippen LogP contribution in [-0.4, -0.2) is 124 Å². The fourth-order valence-electron chi connectivity index (χ4n) is 10.5. The fourth-order valence-corrected chi connectivity index (χ4v) is 12.8. The molecule has 90 heavy (non-hydrogen) atoms. The second-order valence-electron chi connectivity index (χ2n) is 22.6. The predicted octanol–water partition coefficient (Wildman–Crippen LogP) is 5.25. The van der Waals surface area contributed by atoms with Crippen LogP contribution in [0.5, 0.6) is 5.75 Å². The highest BCUT2D eigenvalue weighted by atomic mass is 33.1. The third-order valence-electron chi connectivity index (χ3n) is 15.9. The number of H-pyrrole nitrogens is 1. The number of nitrogens with one attached hydrogen (secondary N) is 8. The van der Waals surface area contributed by atoms with Gasteiger partial charge in [0.1, 0.15) is 48.0 Å². The van der Waals surface area contributed by atoms with Gasteiger partial charge >= 0.3 is 0 Å². The van der Waals surface area contributed by atoms with E-state index < -0.39 is 102 Å². The second-order valence-corrected chi connectivity index (χ2v) is 25.1.